The Morgan fingerprint density at radius 1 is 1.42 bits per heavy atom. The standard InChI is InChI=1S/C14H19FN2O2/c1-19-13-5-4-10(9-12(13)15)14(18)17-11-3-2-7-16-8-6-11/h4-5,9,11,16H,2-3,6-8H2,1H3,(H,17,18). The first-order valence-electron chi connectivity index (χ1n) is 6.56. The van der Waals surface area contributed by atoms with Gasteiger partial charge in [0.2, 0.25) is 0 Å². The number of benzene rings is 1. The van der Waals surface area contributed by atoms with Crippen LogP contribution in [-0.4, -0.2) is 32.1 Å². The maximum absolute atomic E-state index is 13.5. The van der Waals surface area contributed by atoms with Crippen molar-refractivity contribution in [1.29, 1.82) is 0 Å². The third-order valence-electron chi connectivity index (χ3n) is 3.32. The molecular formula is C14H19FN2O2. The number of nitrogens with one attached hydrogen (secondary N) is 2. The molecule has 5 heteroatoms. The van der Waals surface area contributed by atoms with Gasteiger partial charge in [-0.1, -0.05) is 0 Å². The minimum Gasteiger partial charge on any atom is -0.494 e. The van der Waals surface area contributed by atoms with Gasteiger partial charge in [-0.05, 0) is 50.6 Å². The molecule has 1 unspecified atom stereocenters. The van der Waals surface area contributed by atoms with Crippen molar-refractivity contribution in [3.8, 4) is 5.75 Å². The summed E-state index contributed by atoms with van der Waals surface area (Å²) in [4.78, 5) is 12.0. The maximum atomic E-state index is 13.5. The minimum absolute atomic E-state index is 0.148. The zero-order chi connectivity index (χ0) is 13.7. The molecule has 0 saturated carbocycles. The number of carbonyl (C=O) groups excluding carboxylic acids is 1. The van der Waals surface area contributed by atoms with Crippen molar-refractivity contribution in [2.24, 2.45) is 0 Å². The Balaban J connectivity index is 2.00. The summed E-state index contributed by atoms with van der Waals surface area (Å²) >= 11 is 0. The Labute approximate surface area is 112 Å². The summed E-state index contributed by atoms with van der Waals surface area (Å²) in [6, 6.07) is 4.42. The zero-order valence-corrected chi connectivity index (χ0v) is 11.0. The van der Waals surface area contributed by atoms with Gasteiger partial charge in [-0.2, -0.15) is 0 Å². The van der Waals surface area contributed by atoms with Gasteiger partial charge in [0.05, 0.1) is 7.11 Å². The maximum Gasteiger partial charge on any atom is 0.251 e. The number of hydrogen-bond acceptors (Lipinski definition) is 3. The molecule has 1 heterocycles. The van der Waals surface area contributed by atoms with E-state index >= 15 is 0 Å². The van der Waals surface area contributed by atoms with Gasteiger partial charge < -0.3 is 15.4 Å². The van der Waals surface area contributed by atoms with E-state index in [4.69, 9.17) is 4.74 Å². The van der Waals surface area contributed by atoms with E-state index in [9.17, 15) is 9.18 Å². The fourth-order valence-corrected chi connectivity index (χ4v) is 2.24. The molecule has 104 valence electrons. The molecule has 1 aliphatic heterocycles. The lowest BCUT2D eigenvalue weighted by Crippen LogP contribution is -2.35. The molecule has 0 spiro atoms. The highest BCUT2D eigenvalue weighted by Gasteiger charge is 2.16. The number of rotatable bonds is 3. The average Bonchev–Trinajstić information content (AvgIpc) is 2.67. The van der Waals surface area contributed by atoms with E-state index in [1.807, 2.05) is 0 Å². The van der Waals surface area contributed by atoms with Gasteiger partial charge in [0.15, 0.2) is 11.6 Å². The Morgan fingerprint density at radius 2 is 2.26 bits per heavy atom. The fraction of sp³-hybridized carbons (Fsp3) is 0.500. The van der Waals surface area contributed by atoms with Crippen LogP contribution in [0.3, 0.4) is 0 Å². The molecule has 1 amide bonds. The first-order valence-corrected chi connectivity index (χ1v) is 6.56. The number of amides is 1. The van der Waals surface area contributed by atoms with Crippen LogP contribution in [0, 0.1) is 5.82 Å². The van der Waals surface area contributed by atoms with Gasteiger partial charge in [-0.3, -0.25) is 4.79 Å². The van der Waals surface area contributed by atoms with Crippen molar-refractivity contribution in [1.82, 2.24) is 10.6 Å². The number of carbonyl (C=O) groups is 1. The highest BCUT2D eigenvalue weighted by molar-refractivity contribution is 5.94. The van der Waals surface area contributed by atoms with Crippen LogP contribution >= 0.6 is 0 Å². The van der Waals surface area contributed by atoms with Crippen LogP contribution in [-0.2, 0) is 0 Å². The van der Waals surface area contributed by atoms with E-state index in [1.165, 1.54) is 19.2 Å². The molecule has 2 rings (SSSR count). The van der Waals surface area contributed by atoms with Gasteiger partial charge in [0.1, 0.15) is 0 Å². The van der Waals surface area contributed by atoms with Crippen LogP contribution in [0.25, 0.3) is 0 Å². The van der Waals surface area contributed by atoms with Crippen molar-refractivity contribution in [2.45, 2.75) is 25.3 Å². The van der Waals surface area contributed by atoms with E-state index in [1.54, 1.807) is 6.07 Å². The highest BCUT2D eigenvalue weighted by Crippen LogP contribution is 2.18. The second-order valence-electron chi connectivity index (χ2n) is 4.70. The molecule has 1 aromatic carbocycles. The molecular weight excluding hydrogens is 247 g/mol. The summed E-state index contributed by atoms with van der Waals surface area (Å²) in [5.74, 6) is -0.596. The molecule has 1 fully saturated rings. The van der Waals surface area contributed by atoms with Gasteiger partial charge in [0.25, 0.3) is 5.91 Å². The van der Waals surface area contributed by atoms with Gasteiger partial charge in [-0.25, -0.2) is 4.39 Å². The summed E-state index contributed by atoms with van der Waals surface area (Å²) in [5.41, 5.74) is 0.329. The summed E-state index contributed by atoms with van der Waals surface area (Å²) in [6.45, 7) is 1.89. The van der Waals surface area contributed by atoms with Crippen LogP contribution in [0.2, 0.25) is 0 Å². The minimum atomic E-state index is -0.516. The molecule has 4 nitrogen and oxygen atoms in total. The number of ether oxygens (including phenoxy) is 1. The van der Waals surface area contributed by atoms with Crippen molar-refractivity contribution in [2.75, 3.05) is 20.2 Å². The molecule has 0 aliphatic carbocycles. The largest absolute Gasteiger partial charge is 0.494 e. The predicted octanol–water partition coefficient (Wildman–Crippen LogP) is 1.71. The Hall–Kier alpha value is -1.62. The number of hydrogen-bond donors (Lipinski definition) is 2. The van der Waals surface area contributed by atoms with E-state index in [0.717, 1.165) is 32.4 Å². The normalized spacial score (nSPS) is 19.6. The van der Waals surface area contributed by atoms with Gasteiger partial charge >= 0.3 is 0 Å². The second kappa shape index (κ2) is 6.52. The van der Waals surface area contributed by atoms with Gasteiger partial charge in [-0.15, -0.1) is 0 Å². The summed E-state index contributed by atoms with van der Waals surface area (Å²) in [5, 5.41) is 6.24. The zero-order valence-electron chi connectivity index (χ0n) is 11.0. The molecule has 0 aromatic heterocycles. The first-order chi connectivity index (χ1) is 9.20. The summed E-state index contributed by atoms with van der Waals surface area (Å²) in [7, 11) is 1.40. The topological polar surface area (TPSA) is 50.4 Å². The summed E-state index contributed by atoms with van der Waals surface area (Å²) in [6.07, 6.45) is 2.91. The van der Waals surface area contributed by atoms with Crippen molar-refractivity contribution >= 4 is 5.91 Å². The first kappa shape index (κ1) is 13.8. The van der Waals surface area contributed by atoms with E-state index < -0.39 is 5.82 Å². The SMILES string of the molecule is COc1ccc(C(=O)NC2CCCNCC2)cc1F. The lowest BCUT2D eigenvalue weighted by molar-refractivity contribution is 0.0933. The molecule has 19 heavy (non-hydrogen) atoms. The second-order valence-corrected chi connectivity index (χ2v) is 4.70. The Morgan fingerprint density at radius 3 is 3.00 bits per heavy atom. The van der Waals surface area contributed by atoms with Crippen LogP contribution in [0.1, 0.15) is 29.6 Å². The molecule has 0 radical (unpaired) electrons. The van der Waals surface area contributed by atoms with Crippen LogP contribution in [0.15, 0.2) is 18.2 Å². The Kier molecular flexibility index (Phi) is 4.74. The molecule has 0 bridgehead atoms. The third-order valence-corrected chi connectivity index (χ3v) is 3.32. The summed E-state index contributed by atoms with van der Waals surface area (Å²) < 4.78 is 18.4. The van der Waals surface area contributed by atoms with Crippen molar-refractivity contribution < 1.29 is 13.9 Å². The van der Waals surface area contributed by atoms with E-state index in [0.29, 0.717) is 5.56 Å². The van der Waals surface area contributed by atoms with Gasteiger partial charge in [0, 0.05) is 11.6 Å². The smallest absolute Gasteiger partial charge is 0.251 e. The molecule has 1 aromatic rings. The van der Waals surface area contributed by atoms with Crippen LogP contribution in [0.5, 0.6) is 5.75 Å². The monoisotopic (exact) mass is 266 g/mol. The number of halogens is 1. The van der Waals surface area contributed by atoms with Crippen LogP contribution < -0.4 is 15.4 Å². The van der Waals surface area contributed by atoms with E-state index in [-0.39, 0.29) is 17.7 Å². The molecule has 1 saturated heterocycles. The van der Waals surface area contributed by atoms with E-state index in [2.05, 4.69) is 10.6 Å². The lowest BCUT2D eigenvalue weighted by Gasteiger charge is -2.16. The highest BCUT2D eigenvalue weighted by atomic mass is 19.1. The lowest BCUT2D eigenvalue weighted by atomic mass is 10.1. The quantitative estimate of drug-likeness (QED) is 0.875. The third kappa shape index (κ3) is 3.67. The predicted molar refractivity (Wildman–Crippen MR) is 70.9 cm³/mol. The number of methoxy groups -OCH3 is 1. The Bertz CT molecular complexity index is 443. The van der Waals surface area contributed by atoms with Crippen molar-refractivity contribution in [3.05, 3.63) is 29.6 Å². The molecule has 1 aliphatic rings. The van der Waals surface area contributed by atoms with Crippen molar-refractivity contribution in [3.63, 3.8) is 0 Å². The van der Waals surface area contributed by atoms with Crippen LogP contribution in [0.4, 0.5) is 4.39 Å². The molecule has 1 atom stereocenters. The fourth-order valence-electron chi connectivity index (χ4n) is 2.24. The molecule has 2 N–H and O–H groups in total. The average molecular weight is 266 g/mol.